The predicted molar refractivity (Wildman–Crippen MR) is 41.6 cm³/mol. The van der Waals surface area contributed by atoms with Crippen LogP contribution in [-0.4, -0.2) is 9.62 Å². The highest BCUT2D eigenvalue weighted by atomic mass is 79.9. The molecule has 4 heteroatoms. The van der Waals surface area contributed by atoms with Gasteiger partial charge in [0.2, 0.25) is 0 Å². The van der Waals surface area contributed by atoms with Crippen molar-refractivity contribution in [1.82, 2.24) is 0 Å². The summed E-state index contributed by atoms with van der Waals surface area (Å²) in [6, 6.07) is 0. The standard InChI is InChI=1S/C6H5BrClFO/c7-6(10)2-4(8)1-5(9)3-6/h1,3,10H,2H2. The molecular formula is C6H5BrClFO. The molecule has 0 aliphatic heterocycles. The highest BCUT2D eigenvalue weighted by Gasteiger charge is 2.25. The van der Waals surface area contributed by atoms with Crippen LogP contribution in [0, 0.1) is 0 Å². The number of halogens is 3. The van der Waals surface area contributed by atoms with Crippen LogP contribution in [0.15, 0.2) is 23.0 Å². The Morgan fingerprint density at radius 3 is 2.80 bits per heavy atom. The van der Waals surface area contributed by atoms with E-state index in [1.165, 1.54) is 6.08 Å². The molecule has 0 saturated carbocycles. The minimum atomic E-state index is -1.30. The summed E-state index contributed by atoms with van der Waals surface area (Å²) in [5, 5.41) is 9.50. The third-order valence-electron chi connectivity index (χ3n) is 1.07. The van der Waals surface area contributed by atoms with Gasteiger partial charge in [0.1, 0.15) is 10.3 Å². The topological polar surface area (TPSA) is 20.2 Å². The molecule has 1 atom stereocenters. The maximum Gasteiger partial charge on any atom is 0.146 e. The zero-order valence-corrected chi connectivity index (χ0v) is 7.28. The van der Waals surface area contributed by atoms with Crippen molar-refractivity contribution in [2.45, 2.75) is 10.9 Å². The van der Waals surface area contributed by atoms with Gasteiger partial charge < -0.3 is 5.11 Å². The molecule has 0 aromatic carbocycles. The molecule has 10 heavy (non-hydrogen) atoms. The Balaban J connectivity index is 2.88. The summed E-state index contributed by atoms with van der Waals surface area (Å²) < 4.78 is 11.1. The van der Waals surface area contributed by atoms with Gasteiger partial charge in [-0.15, -0.1) is 0 Å². The SMILES string of the molecule is OC1(Br)C=C(F)C=C(Cl)C1. The van der Waals surface area contributed by atoms with E-state index in [0.29, 0.717) is 5.03 Å². The van der Waals surface area contributed by atoms with Gasteiger partial charge in [-0.25, -0.2) is 4.39 Å². The lowest BCUT2D eigenvalue weighted by molar-refractivity contribution is 0.193. The Kier molecular flexibility index (Phi) is 2.18. The van der Waals surface area contributed by atoms with Gasteiger partial charge in [0.25, 0.3) is 0 Å². The van der Waals surface area contributed by atoms with E-state index in [1.807, 2.05) is 0 Å². The zero-order chi connectivity index (χ0) is 7.78. The Morgan fingerprint density at radius 1 is 1.80 bits per heavy atom. The lowest BCUT2D eigenvalue weighted by atomic mass is 10.1. The largest absolute Gasteiger partial charge is 0.375 e. The lowest BCUT2D eigenvalue weighted by Gasteiger charge is -2.19. The fraction of sp³-hybridized carbons (Fsp3) is 0.333. The maximum atomic E-state index is 12.4. The molecule has 0 saturated heterocycles. The van der Waals surface area contributed by atoms with Gasteiger partial charge in [0.15, 0.2) is 0 Å². The van der Waals surface area contributed by atoms with Gasteiger partial charge in [-0.3, -0.25) is 0 Å². The summed E-state index contributed by atoms with van der Waals surface area (Å²) in [7, 11) is 0. The van der Waals surface area contributed by atoms with Crippen molar-refractivity contribution in [2.75, 3.05) is 0 Å². The fourth-order valence-corrected chi connectivity index (χ4v) is 1.73. The Morgan fingerprint density at radius 2 is 2.40 bits per heavy atom. The molecule has 0 aromatic heterocycles. The summed E-state index contributed by atoms with van der Waals surface area (Å²) in [4.78, 5) is 0. The smallest absolute Gasteiger partial charge is 0.146 e. The van der Waals surface area contributed by atoms with E-state index in [2.05, 4.69) is 15.9 Å². The van der Waals surface area contributed by atoms with Crippen LogP contribution in [0.25, 0.3) is 0 Å². The minimum absolute atomic E-state index is 0.210. The maximum absolute atomic E-state index is 12.4. The molecule has 0 spiro atoms. The first-order valence-electron chi connectivity index (χ1n) is 2.65. The van der Waals surface area contributed by atoms with Gasteiger partial charge in [0, 0.05) is 11.5 Å². The number of rotatable bonds is 0. The van der Waals surface area contributed by atoms with Crippen molar-refractivity contribution >= 4 is 27.5 Å². The van der Waals surface area contributed by atoms with E-state index in [9.17, 15) is 9.50 Å². The molecule has 0 bridgehead atoms. The molecule has 0 amide bonds. The van der Waals surface area contributed by atoms with Crippen LogP contribution in [0.1, 0.15) is 6.42 Å². The van der Waals surface area contributed by atoms with Gasteiger partial charge in [-0.1, -0.05) is 11.6 Å². The highest BCUT2D eigenvalue weighted by molar-refractivity contribution is 9.10. The molecule has 0 aromatic rings. The highest BCUT2D eigenvalue weighted by Crippen LogP contribution is 2.33. The summed E-state index contributed by atoms with van der Waals surface area (Å²) in [6.07, 6.45) is 2.46. The summed E-state index contributed by atoms with van der Waals surface area (Å²) in [6.45, 7) is 0. The van der Waals surface area contributed by atoms with Crippen molar-refractivity contribution in [3.63, 3.8) is 0 Å². The molecular weight excluding hydrogens is 222 g/mol. The third-order valence-corrected chi connectivity index (χ3v) is 1.82. The number of hydrogen-bond acceptors (Lipinski definition) is 1. The number of alkyl halides is 1. The van der Waals surface area contributed by atoms with Crippen LogP contribution in [-0.2, 0) is 0 Å². The second-order valence-electron chi connectivity index (χ2n) is 2.12. The van der Waals surface area contributed by atoms with Crippen LogP contribution in [0.4, 0.5) is 4.39 Å². The summed E-state index contributed by atoms with van der Waals surface area (Å²) in [5.41, 5.74) is 0. The zero-order valence-electron chi connectivity index (χ0n) is 4.94. The summed E-state index contributed by atoms with van der Waals surface area (Å²) >= 11 is 8.37. The Bertz CT molecular complexity index is 210. The van der Waals surface area contributed by atoms with E-state index in [1.54, 1.807) is 0 Å². The molecule has 1 N–H and O–H groups in total. The van der Waals surface area contributed by atoms with Gasteiger partial charge in [-0.05, 0) is 28.1 Å². The van der Waals surface area contributed by atoms with Crippen LogP contribution in [0.5, 0.6) is 0 Å². The quantitative estimate of drug-likeness (QED) is 0.630. The van der Waals surface area contributed by atoms with Crippen molar-refractivity contribution in [3.05, 3.63) is 23.0 Å². The van der Waals surface area contributed by atoms with E-state index in [0.717, 1.165) is 6.08 Å². The van der Waals surface area contributed by atoms with Crippen molar-refractivity contribution in [3.8, 4) is 0 Å². The van der Waals surface area contributed by atoms with Crippen LogP contribution < -0.4 is 0 Å². The number of allylic oxidation sites excluding steroid dienone is 2. The molecule has 1 nitrogen and oxygen atoms in total. The van der Waals surface area contributed by atoms with Crippen molar-refractivity contribution < 1.29 is 9.50 Å². The molecule has 1 aliphatic rings. The van der Waals surface area contributed by atoms with Crippen LogP contribution in [0.3, 0.4) is 0 Å². The molecule has 0 fully saturated rings. The molecule has 0 heterocycles. The van der Waals surface area contributed by atoms with E-state index in [4.69, 9.17) is 11.6 Å². The van der Waals surface area contributed by atoms with Crippen molar-refractivity contribution in [2.24, 2.45) is 0 Å². The average molecular weight is 227 g/mol. The second-order valence-corrected chi connectivity index (χ2v) is 3.97. The molecule has 1 unspecified atom stereocenters. The third kappa shape index (κ3) is 2.08. The minimum Gasteiger partial charge on any atom is -0.375 e. The van der Waals surface area contributed by atoms with Crippen LogP contribution in [0.2, 0.25) is 0 Å². The fourth-order valence-electron chi connectivity index (χ4n) is 0.741. The first kappa shape index (κ1) is 8.24. The molecule has 0 radical (unpaired) electrons. The van der Waals surface area contributed by atoms with Crippen LogP contribution >= 0.6 is 27.5 Å². The lowest BCUT2D eigenvalue weighted by Crippen LogP contribution is -2.18. The molecule has 1 rings (SSSR count). The van der Waals surface area contributed by atoms with E-state index in [-0.39, 0.29) is 6.42 Å². The number of aliphatic hydroxyl groups is 1. The summed E-state index contributed by atoms with van der Waals surface area (Å²) in [5.74, 6) is -0.518. The van der Waals surface area contributed by atoms with Gasteiger partial charge >= 0.3 is 0 Å². The predicted octanol–water partition coefficient (Wildman–Crippen LogP) is 2.45. The van der Waals surface area contributed by atoms with E-state index >= 15 is 0 Å². The molecule has 56 valence electrons. The van der Waals surface area contributed by atoms with Gasteiger partial charge in [0.05, 0.1) is 0 Å². The van der Waals surface area contributed by atoms with Gasteiger partial charge in [-0.2, -0.15) is 0 Å². The first-order chi connectivity index (χ1) is 4.49. The molecule has 1 aliphatic carbocycles. The first-order valence-corrected chi connectivity index (χ1v) is 3.82. The monoisotopic (exact) mass is 226 g/mol. The Labute approximate surface area is 71.3 Å². The normalized spacial score (nSPS) is 33.2. The average Bonchev–Trinajstić information content (AvgIpc) is 1.54. The Hall–Kier alpha value is 0.140. The van der Waals surface area contributed by atoms with Crippen molar-refractivity contribution in [1.29, 1.82) is 0 Å². The second kappa shape index (κ2) is 2.64. The number of hydrogen-bond donors (Lipinski definition) is 1. The van der Waals surface area contributed by atoms with E-state index < -0.39 is 10.3 Å².